The fourth-order valence-corrected chi connectivity index (χ4v) is 3.63. The van der Waals surface area contributed by atoms with E-state index in [0.29, 0.717) is 6.04 Å². The van der Waals surface area contributed by atoms with Gasteiger partial charge in [-0.25, -0.2) is 4.98 Å². The van der Waals surface area contributed by atoms with Crippen molar-refractivity contribution in [3.05, 3.63) is 11.1 Å². The second-order valence-corrected chi connectivity index (χ2v) is 6.63. The van der Waals surface area contributed by atoms with E-state index in [-0.39, 0.29) is 5.54 Å². The third-order valence-corrected chi connectivity index (χ3v) is 4.67. The first-order valence-electron chi connectivity index (χ1n) is 7.01. The topological polar surface area (TPSA) is 28.2 Å². The van der Waals surface area contributed by atoms with Gasteiger partial charge in [-0.15, -0.1) is 11.3 Å². The molecule has 0 aliphatic carbocycles. The zero-order chi connectivity index (χ0) is 13.2. The molecular weight excluding hydrogens is 242 g/mol. The Morgan fingerprint density at radius 3 is 2.94 bits per heavy atom. The third kappa shape index (κ3) is 2.86. The second-order valence-electron chi connectivity index (χ2n) is 5.80. The molecule has 1 fully saturated rings. The van der Waals surface area contributed by atoms with Crippen LogP contribution >= 0.6 is 11.3 Å². The van der Waals surface area contributed by atoms with Crippen LogP contribution in [0, 0.1) is 0 Å². The molecule has 4 heteroatoms. The number of hydrogen-bond donors (Lipinski definition) is 1. The van der Waals surface area contributed by atoms with Crippen LogP contribution in [0.2, 0.25) is 0 Å². The Kier molecular flexibility index (Phi) is 4.28. The van der Waals surface area contributed by atoms with Crippen LogP contribution in [0.15, 0.2) is 5.38 Å². The van der Waals surface area contributed by atoms with E-state index in [1.54, 1.807) is 11.3 Å². The molecule has 18 heavy (non-hydrogen) atoms. The van der Waals surface area contributed by atoms with Gasteiger partial charge in [-0.05, 0) is 46.6 Å². The highest BCUT2D eigenvalue weighted by atomic mass is 32.1. The zero-order valence-corrected chi connectivity index (χ0v) is 12.8. The second kappa shape index (κ2) is 5.57. The number of thiazole rings is 1. The monoisotopic (exact) mass is 267 g/mol. The fraction of sp³-hybridized carbons (Fsp3) is 0.786. The van der Waals surface area contributed by atoms with Crippen LogP contribution < -0.4 is 10.2 Å². The normalized spacial score (nSPS) is 20.3. The lowest BCUT2D eigenvalue weighted by Crippen LogP contribution is -2.38. The molecule has 2 rings (SSSR count). The predicted molar refractivity (Wildman–Crippen MR) is 79.5 cm³/mol. The average Bonchev–Trinajstić information content (AvgIpc) is 2.91. The van der Waals surface area contributed by atoms with Gasteiger partial charge < -0.3 is 10.2 Å². The number of nitrogens with one attached hydrogen (secondary N) is 1. The van der Waals surface area contributed by atoms with Crippen molar-refractivity contribution in [1.82, 2.24) is 10.3 Å². The summed E-state index contributed by atoms with van der Waals surface area (Å²) in [6, 6.07) is 0.362. The van der Waals surface area contributed by atoms with E-state index in [2.05, 4.69) is 43.3 Å². The lowest BCUT2D eigenvalue weighted by atomic mass is 10.0. The summed E-state index contributed by atoms with van der Waals surface area (Å²) in [4.78, 5) is 7.29. The Balaban J connectivity index is 2.06. The summed E-state index contributed by atoms with van der Waals surface area (Å²) in [5, 5.41) is 6.90. The summed E-state index contributed by atoms with van der Waals surface area (Å²) in [7, 11) is 0. The largest absolute Gasteiger partial charge is 0.343 e. The molecule has 0 radical (unpaired) electrons. The first kappa shape index (κ1) is 13.8. The van der Waals surface area contributed by atoms with Gasteiger partial charge in [0.1, 0.15) is 0 Å². The molecule has 1 aromatic heterocycles. The fourth-order valence-electron chi connectivity index (χ4n) is 2.53. The first-order valence-corrected chi connectivity index (χ1v) is 7.89. The van der Waals surface area contributed by atoms with E-state index in [1.165, 1.54) is 30.1 Å². The molecule has 0 saturated carbocycles. The number of aromatic nitrogens is 1. The van der Waals surface area contributed by atoms with Crippen molar-refractivity contribution in [2.24, 2.45) is 0 Å². The molecule has 0 bridgehead atoms. The molecule has 1 aliphatic heterocycles. The van der Waals surface area contributed by atoms with Gasteiger partial charge in [0.2, 0.25) is 0 Å². The standard InChI is InChI=1S/C14H25N3S/c1-5-8-15-11(2)12-10-18-13(16-12)17-9-6-7-14(17,3)4/h10-11,15H,5-9H2,1-4H3. The van der Waals surface area contributed by atoms with Crippen molar-refractivity contribution in [1.29, 1.82) is 0 Å². The van der Waals surface area contributed by atoms with Crippen molar-refractivity contribution in [2.45, 2.75) is 58.5 Å². The van der Waals surface area contributed by atoms with Gasteiger partial charge in [-0.2, -0.15) is 0 Å². The SMILES string of the molecule is CCCNC(C)c1csc(N2CCCC2(C)C)n1. The molecule has 0 spiro atoms. The van der Waals surface area contributed by atoms with Gasteiger partial charge in [-0.3, -0.25) is 0 Å². The van der Waals surface area contributed by atoms with Gasteiger partial charge in [0.15, 0.2) is 5.13 Å². The Morgan fingerprint density at radius 1 is 1.56 bits per heavy atom. The molecule has 3 nitrogen and oxygen atoms in total. The van der Waals surface area contributed by atoms with E-state index < -0.39 is 0 Å². The van der Waals surface area contributed by atoms with Crippen LogP contribution in [0.4, 0.5) is 5.13 Å². The minimum atomic E-state index is 0.273. The highest BCUT2D eigenvalue weighted by molar-refractivity contribution is 7.13. The number of hydrogen-bond acceptors (Lipinski definition) is 4. The molecular formula is C14H25N3S. The van der Waals surface area contributed by atoms with Gasteiger partial charge in [0, 0.05) is 23.5 Å². The highest BCUT2D eigenvalue weighted by Crippen LogP contribution is 2.35. The third-order valence-electron chi connectivity index (χ3n) is 3.79. The van der Waals surface area contributed by atoms with Crippen LogP contribution in [0.5, 0.6) is 0 Å². The summed E-state index contributed by atoms with van der Waals surface area (Å²) in [6.45, 7) is 11.2. The van der Waals surface area contributed by atoms with Gasteiger partial charge in [-0.1, -0.05) is 6.92 Å². The van der Waals surface area contributed by atoms with Crippen LogP contribution in [-0.4, -0.2) is 23.6 Å². The number of rotatable bonds is 5. The van der Waals surface area contributed by atoms with Gasteiger partial charge in [0.05, 0.1) is 5.69 Å². The van der Waals surface area contributed by atoms with Gasteiger partial charge >= 0.3 is 0 Å². The van der Waals surface area contributed by atoms with E-state index in [0.717, 1.165) is 13.1 Å². The highest BCUT2D eigenvalue weighted by Gasteiger charge is 2.33. The molecule has 102 valence electrons. The summed E-state index contributed by atoms with van der Waals surface area (Å²) in [6.07, 6.45) is 3.72. The smallest absolute Gasteiger partial charge is 0.186 e. The summed E-state index contributed by atoms with van der Waals surface area (Å²) in [5.41, 5.74) is 1.46. The van der Waals surface area contributed by atoms with E-state index >= 15 is 0 Å². The average molecular weight is 267 g/mol. The Bertz CT molecular complexity index is 386. The molecule has 2 heterocycles. The van der Waals surface area contributed by atoms with Crippen LogP contribution in [-0.2, 0) is 0 Å². The maximum absolute atomic E-state index is 4.82. The van der Waals surface area contributed by atoms with Crippen LogP contribution in [0.25, 0.3) is 0 Å². The lowest BCUT2D eigenvalue weighted by molar-refractivity contribution is 0.515. The van der Waals surface area contributed by atoms with Crippen molar-refractivity contribution < 1.29 is 0 Å². The van der Waals surface area contributed by atoms with Crippen LogP contribution in [0.3, 0.4) is 0 Å². The van der Waals surface area contributed by atoms with E-state index in [9.17, 15) is 0 Å². The molecule has 1 aromatic rings. The number of anilines is 1. The lowest BCUT2D eigenvalue weighted by Gasteiger charge is -2.31. The van der Waals surface area contributed by atoms with Crippen LogP contribution in [0.1, 0.15) is 58.7 Å². The molecule has 1 N–H and O–H groups in total. The maximum Gasteiger partial charge on any atom is 0.186 e. The summed E-state index contributed by atoms with van der Waals surface area (Å²) in [5.74, 6) is 0. The molecule has 1 aliphatic rings. The van der Waals surface area contributed by atoms with E-state index in [1.807, 2.05) is 0 Å². The first-order chi connectivity index (χ1) is 8.54. The van der Waals surface area contributed by atoms with Gasteiger partial charge in [0.25, 0.3) is 0 Å². The zero-order valence-electron chi connectivity index (χ0n) is 12.0. The molecule has 0 amide bonds. The molecule has 1 unspecified atom stereocenters. The minimum absolute atomic E-state index is 0.273. The molecule has 1 saturated heterocycles. The van der Waals surface area contributed by atoms with Crippen molar-refractivity contribution in [3.8, 4) is 0 Å². The van der Waals surface area contributed by atoms with Crippen molar-refractivity contribution in [3.63, 3.8) is 0 Å². The summed E-state index contributed by atoms with van der Waals surface area (Å²) >= 11 is 1.79. The number of nitrogens with zero attached hydrogens (tertiary/aromatic N) is 2. The Hall–Kier alpha value is -0.610. The van der Waals surface area contributed by atoms with Crippen molar-refractivity contribution in [2.75, 3.05) is 18.0 Å². The molecule has 0 aromatic carbocycles. The Labute approximate surface area is 115 Å². The summed E-state index contributed by atoms with van der Waals surface area (Å²) < 4.78 is 0. The van der Waals surface area contributed by atoms with E-state index in [4.69, 9.17) is 4.98 Å². The Morgan fingerprint density at radius 2 is 2.33 bits per heavy atom. The predicted octanol–water partition coefficient (Wildman–Crippen LogP) is 3.58. The molecule has 1 atom stereocenters. The van der Waals surface area contributed by atoms with Crippen molar-refractivity contribution >= 4 is 16.5 Å². The maximum atomic E-state index is 4.82. The quantitative estimate of drug-likeness (QED) is 0.884. The minimum Gasteiger partial charge on any atom is -0.343 e.